The van der Waals surface area contributed by atoms with Crippen molar-refractivity contribution in [3.8, 4) is 0 Å². The lowest BCUT2D eigenvalue weighted by molar-refractivity contribution is 0.422. The summed E-state index contributed by atoms with van der Waals surface area (Å²) >= 11 is 9.31. The largest absolute Gasteiger partial charge is 0.240 e. The average molecular weight is 353 g/mol. The van der Waals surface area contributed by atoms with Gasteiger partial charge < -0.3 is 0 Å². The van der Waals surface area contributed by atoms with Crippen molar-refractivity contribution in [2.24, 2.45) is 0 Å². The van der Waals surface area contributed by atoms with Gasteiger partial charge in [-0.25, -0.2) is 13.1 Å². The summed E-state index contributed by atoms with van der Waals surface area (Å²) in [5.74, 6) is 0. The third-order valence-electron chi connectivity index (χ3n) is 3.10. The molecule has 0 amide bonds. The average Bonchev–Trinajstić information content (AvgIpc) is 2.32. The van der Waals surface area contributed by atoms with Crippen LogP contribution in [0, 0.1) is 0 Å². The van der Waals surface area contributed by atoms with Crippen LogP contribution < -0.4 is 4.72 Å². The summed E-state index contributed by atoms with van der Waals surface area (Å²) in [6, 6.07) is 6.28. The van der Waals surface area contributed by atoms with E-state index in [9.17, 15) is 8.42 Å². The van der Waals surface area contributed by atoms with Gasteiger partial charge in [-0.1, -0.05) is 27.5 Å². The number of benzene rings is 1. The predicted molar refractivity (Wildman–Crippen MR) is 76.7 cm³/mol. The van der Waals surface area contributed by atoms with Crippen LogP contribution in [-0.2, 0) is 10.0 Å². The van der Waals surface area contributed by atoms with Crippen molar-refractivity contribution in [2.75, 3.05) is 0 Å². The van der Waals surface area contributed by atoms with Crippen LogP contribution in [0.25, 0.3) is 0 Å². The fourth-order valence-electron chi connectivity index (χ4n) is 2.07. The van der Waals surface area contributed by atoms with Gasteiger partial charge in [0.15, 0.2) is 0 Å². The number of hydrogen-bond donors (Lipinski definition) is 1. The van der Waals surface area contributed by atoms with Crippen LogP contribution in [0.2, 0.25) is 5.02 Å². The molecule has 1 N–H and O–H groups in total. The number of sulfonamides is 1. The summed E-state index contributed by atoms with van der Waals surface area (Å²) in [5, 5.41) is 0.536. The molecule has 0 bridgehead atoms. The summed E-state index contributed by atoms with van der Waals surface area (Å²) in [6.07, 6.45) is 3.77. The molecular weight excluding hydrogens is 338 g/mol. The van der Waals surface area contributed by atoms with E-state index >= 15 is 0 Å². The number of hydrogen-bond acceptors (Lipinski definition) is 2. The molecule has 18 heavy (non-hydrogen) atoms. The zero-order valence-electron chi connectivity index (χ0n) is 9.77. The molecule has 1 fully saturated rings. The summed E-state index contributed by atoms with van der Waals surface area (Å²) in [4.78, 5) is 0.793. The van der Waals surface area contributed by atoms with Crippen LogP contribution in [0.3, 0.4) is 0 Å². The third-order valence-corrected chi connectivity index (χ3v) is 5.81. The first kappa shape index (κ1) is 14.3. The van der Waals surface area contributed by atoms with Crippen LogP contribution in [0.5, 0.6) is 0 Å². The van der Waals surface area contributed by atoms with Gasteiger partial charge in [0.25, 0.3) is 0 Å². The maximum Gasteiger partial charge on any atom is 0.240 e. The fourth-order valence-corrected chi connectivity index (χ4v) is 4.03. The Morgan fingerprint density at radius 3 is 2.22 bits per heavy atom. The zero-order chi connectivity index (χ0) is 13.2. The van der Waals surface area contributed by atoms with Gasteiger partial charge in [-0.3, -0.25) is 0 Å². The van der Waals surface area contributed by atoms with Crippen LogP contribution in [0.4, 0.5) is 0 Å². The molecular formula is C12H15BrClNO2S. The first-order valence-corrected chi connectivity index (χ1v) is 8.67. The van der Waals surface area contributed by atoms with Gasteiger partial charge in [-0.15, -0.1) is 0 Å². The highest BCUT2D eigenvalue weighted by atomic mass is 79.9. The monoisotopic (exact) mass is 351 g/mol. The Morgan fingerprint density at radius 1 is 1.11 bits per heavy atom. The van der Waals surface area contributed by atoms with Crippen LogP contribution >= 0.6 is 27.5 Å². The van der Waals surface area contributed by atoms with E-state index in [0.717, 1.165) is 25.7 Å². The topological polar surface area (TPSA) is 46.2 Å². The maximum absolute atomic E-state index is 12.1. The molecule has 0 saturated heterocycles. The van der Waals surface area contributed by atoms with Crippen molar-refractivity contribution < 1.29 is 8.42 Å². The normalized spacial score (nSPS) is 25.0. The lowest BCUT2D eigenvalue weighted by atomic mass is 9.96. The molecule has 0 unspecified atom stereocenters. The summed E-state index contributed by atoms with van der Waals surface area (Å²) in [5.41, 5.74) is 0. The van der Waals surface area contributed by atoms with Crippen LogP contribution in [-0.4, -0.2) is 19.3 Å². The van der Waals surface area contributed by atoms with E-state index in [1.807, 2.05) is 0 Å². The number of rotatable bonds is 3. The Hall–Kier alpha value is -0.100. The second kappa shape index (κ2) is 5.90. The Morgan fingerprint density at radius 2 is 1.67 bits per heavy atom. The number of nitrogens with one attached hydrogen (secondary N) is 1. The first-order valence-electron chi connectivity index (χ1n) is 5.89. The van der Waals surface area contributed by atoms with Crippen LogP contribution in [0.1, 0.15) is 25.7 Å². The Bertz CT molecular complexity index is 495. The van der Waals surface area contributed by atoms with Gasteiger partial charge in [0.1, 0.15) is 0 Å². The molecule has 100 valence electrons. The lowest BCUT2D eigenvalue weighted by Gasteiger charge is -2.25. The minimum absolute atomic E-state index is 0.0412. The molecule has 0 radical (unpaired) electrons. The molecule has 0 heterocycles. The number of halogens is 2. The van der Waals surface area contributed by atoms with Crippen molar-refractivity contribution in [1.82, 2.24) is 4.72 Å². The van der Waals surface area contributed by atoms with Crippen molar-refractivity contribution >= 4 is 37.6 Å². The third kappa shape index (κ3) is 3.70. The van der Waals surface area contributed by atoms with E-state index in [1.54, 1.807) is 12.1 Å². The van der Waals surface area contributed by atoms with E-state index in [-0.39, 0.29) is 10.9 Å². The minimum atomic E-state index is -3.42. The van der Waals surface area contributed by atoms with Crippen molar-refractivity contribution in [2.45, 2.75) is 41.4 Å². The van der Waals surface area contributed by atoms with E-state index in [4.69, 9.17) is 11.6 Å². The van der Waals surface area contributed by atoms with E-state index in [2.05, 4.69) is 20.7 Å². The van der Waals surface area contributed by atoms with Gasteiger partial charge in [-0.2, -0.15) is 0 Å². The lowest BCUT2D eigenvalue weighted by Crippen LogP contribution is -2.37. The van der Waals surface area contributed by atoms with Gasteiger partial charge in [0, 0.05) is 15.9 Å². The molecule has 0 spiro atoms. The molecule has 3 nitrogen and oxygen atoms in total. The molecule has 2 rings (SSSR count). The molecule has 1 aromatic carbocycles. The Balaban J connectivity index is 2.05. The molecule has 1 aliphatic rings. The standard InChI is InChI=1S/C12H15BrClNO2S/c13-9-1-5-11(6-2-9)15-18(16,17)12-7-3-10(14)4-8-12/h3-4,7-9,11,15H,1-2,5-6H2. The van der Waals surface area contributed by atoms with E-state index < -0.39 is 10.0 Å². The molecule has 0 aromatic heterocycles. The molecule has 1 aromatic rings. The van der Waals surface area contributed by atoms with Gasteiger partial charge in [-0.05, 0) is 49.9 Å². The van der Waals surface area contributed by atoms with Crippen molar-refractivity contribution in [1.29, 1.82) is 0 Å². The smallest absolute Gasteiger partial charge is 0.208 e. The fraction of sp³-hybridized carbons (Fsp3) is 0.500. The summed E-state index contributed by atoms with van der Waals surface area (Å²) < 4.78 is 27.0. The SMILES string of the molecule is O=S(=O)(NC1CCC(Br)CC1)c1ccc(Cl)cc1. The maximum atomic E-state index is 12.1. The molecule has 0 aliphatic heterocycles. The molecule has 1 saturated carbocycles. The Kier molecular flexibility index (Phi) is 4.69. The summed E-state index contributed by atoms with van der Waals surface area (Å²) in [7, 11) is -3.42. The molecule has 1 aliphatic carbocycles. The van der Waals surface area contributed by atoms with Crippen LogP contribution in [0.15, 0.2) is 29.2 Å². The van der Waals surface area contributed by atoms with Crippen molar-refractivity contribution in [3.05, 3.63) is 29.3 Å². The summed E-state index contributed by atoms with van der Waals surface area (Å²) in [6.45, 7) is 0. The highest BCUT2D eigenvalue weighted by Crippen LogP contribution is 2.25. The zero-order valence-corrected chi connectivity index (χ0v) is 12.9. The minimum Gasteiger partial charge on any atom is -0.208 e. The van der Waals surface area contributed by atoms with Gasteiger partial charge in [0.05, 0.1) is 4.90 Å². The van der Waals surface area contributed by atoms with Gasteiger partial charge in [0.2, 0.25) is 10.0 Å². The second-order valence-electron chi connectivity index (χ2n) is 4.52. The number of alkyl halides is 1. The highest BCUT2D eigenvalue weighted by Gasteiger charge is 2.24. The highest BCUT2D eigenvalue weighted by molar-refractivity contribution is 9.09. The molecule has 0 atom stereocenters. The van der Waals surface area contributed by atoms with Gasteiger partial charge >= 0.3 is 0 Å². The van der Waals surface area contributed by atoms with E-state index in [0.29, 0.717) is 9.85 Å². The second-order valence-corrected chi connectivity index (χ2v) is 7.97. The van der Waals surface area contributed by atoms with E-state index in [1.165, 1.54) is 12.1 Å². The van der Waals surface area contributed by atoms with Crippen molar-refractivity contribution in [3.63, 3.8) is 0 Å². The first-order chi connectivity index (χ1) is 8.47. The quantitative estimate of drug-likeness (QED) is 0.848. The predicted octanol–water partition coefficient (Wildman–Crippen LogP) is 3.32. The molecule has 6 heteroatoms. The Labute approximate surface area is 121 Å².